The van der Waals surface area contributed by atoms with Crippen molar-refractivity contribution in [1.29, 1.82) is 0 Å². The van der Waals surface area contributed by atoms with E-state index in [9.17, 15) is 9.90 Å². The van der Waals surface area contributed by atoms with E-state index in [0.717, 1.165) is 22.2 Å². The van der Waals surface area contributed by atoms with E-state index in [2.05, 4.69) is 15.6 Å². The average Bonchev–Trinajstić information content (AvgIpc) is 2.61. The summed E-state index contributed by atoms with van der Waals surface area (Å²) in [5.41, 5.74) is 10.1. The maximum atomic E-state index is 12.2. The van der Waals surface area contributed by atoms with E-state index >= 15 is 0 Å². The van der Waals surface area contributed by atoms with Gasteiger partial charge in [0, 0.05) is 23.3 Å². The van der Waals surface area contributed by atoms with Crippen LogP contribution in [0.25, 0.3) is 10.9 Å². The van der Waals surface area contributed by atoms with Gasteiger partial charge in [-0.05, 0) is 42.3 Å². The predicted molar refractivity (Wildman–Crippen MR) is 99.1 cm³/mol. The largest absolute Gasteiger partial charge is 0.399 e. The standard InChI is InChI=1S/C19H20N4O2/c1-12-9-14(11-24)16-3-2-4-17(18(16)22-12)23-19(25)21-10-13-5-7-15(20)8-6-13/h2-9,24H,10-11,20H2,1H3,(H2,21,23,25). The fraction of sp³-hybridized carbons (Fsp3) is 0.158. The number of nitrogens with one attached hydrogen (secondary N) is 2. The minimum atomic E-state index is -0.321. The van der Waals surface area contributed by atoms with Crippen molar-refractivity contribution in [2.24, 2.45) is 0 Å². The lowest BCUT2D eigenvalue weighted by atomic mass is 10.1. The zero-order chi connectivity index (χ0) is 17.8. The first-order chi connectivity index (χ1) is 12.1. The van der Waals surface area contributed by atoms with Crippen LogP contribution in [-0.4, -0.2) is 16.1 Å². The van der Waals surface area contributed by atoms with Gasteiger partial charge in [0.1, 0.15) is 0 Å². The number of benzene rings is 2. The molecule has 0 aliphatic heterocycles. The highest BCUT2D eigenvalue weighted by Crippen LogP contribution is 2.25. The molecule has 1 heterocycles. The van der Waals surface area contributed by atoms with Crippen LogP contribution in [0.2, 0.25) is 0 Å². The summed E-state index contributed by atoms with van der Waals surface area (Å²) in [4.78, 5) is 16.7. The van der Waals surface area contributed by atoms with E-state index in [4.69, 9.17) is 5.73 Å². The normalized spacial score (nSPS) is 10.6. The monoisotopic (exact) mass is 336 g/mol. The Morgan fingerprint density at radius 2 is 1.96 bits per heavy atom. The molecule has 0 fully saturated rings. The summed E-state index contributed by atoms with van der Waals surface area (Å²) in [7, 11) is 0. The van der Waals surface area contributed by atoms with Crippen molar-refractivity contribution in [2.45, 2.75) is 20.1 Å². The van der Waals surface area contributed by atoms with Crippen molar-refractivity contribution in [1.82, 2.24) is 10.3 Å². The van der Waals surface area contributed by atoms with Crippen LogP contribution in [-0.2, 0) is 13.2 Å². The number of aryl methyl sites for hydroxylation is 1. The molecule has 6 heteroatoms. The Bertz CT molecular complexity index is 907. The van der Waals surface area contributed by atoms with Gasteiger partial charge in [-0.1, -0.05) is 24.3 Å². The third-order valence-electron chi connectivity index (χ3n) is 3.90. The van der Waals surface area contributed by atoms with Gasteiger partial charge in [0.2, 0.25) is 0 Å². The predicted octanol–water partition coefficient (Wildman–Crippen LogP) is 2.94. The summed E-state index contributed by atoms with van der Waals surface area (Å²) in [6.07, 6.45) is 0. The molecule has 0 aliphatic carbocycles. The maximum Gasteiger partial charge on any atom is 0.319 e. The van der Waals surface area contributed by atoms with Crippen LogP contribution >= 0.6 is 0 Å². The van der Waals surface area contributed by atoms with E-state index in [1.807, 2.05) is 37.3 Å². The molecule has 0 atom stereocenters. The van der Waals surface area contributed by atoms with Crippen LogP contribution in [0.4, 0.5) is 16.2 Å². The first-order valence-corrected chi connectivity index (χ1v) is 7.96. The molecule has 0 radical (unpaired) electrons. The Labute approximate surface area is 145 Å². The molecule has 3 aromatic rings. The Hall–Kier alpha value is -3.12. The quantitative estimate of drug-likeness (QED) is 0.550. The van der Waals surface area contributed by atoms with Crippen LogP contribution in [0.1, 0.15) is 16.8 Å². The van der Waals surface area contributed by atoms with Gasteiger partial charge in [-0.3, -0.25) is 4.98 Å². The number of carbonyl (C=O) groups is 1. The van der Waals surface area contributed by atoms with Gasteiger partial charge < -0.3 is 21.5 Å². The van der Waals surface area contributed by atoms with Gasteiger partial charge in [0.25, 0.3) is 0 Å². The van der Waals surface area contributed by atoms with Crippen molar-refractivity contribution < 1.29 is 9.90 Å². The van der Waals surface area contributed by atoms with Gasteiger partial charge in [0.05, 0.1) is 17.8 Å². The lowest BCUT2D eigenvalue weighted by molar-refractivity contribution is 0.252. The summed E-state index contributed by atoms with van der Waals surface area (Å²) >= 11 is 0. The Morgan fingerprint density at radius 1 is 1.20 bits per heavy atom. The number of rotatable bonds is 4. The zero-order valence-electron chi connectivity index (χ0n) is 13.9. The van der Waals surface area contributed by atoms with Crippen LogP contribution in [0.5, 0.6) is 0 Å². The second kappa shape index (κ2) is 7.19. The third-order valence-corrected chi connectivity index (χ3v) is 3.90. The first kappa shape index (κ1) is 16.7. The van der Waals surface area contributed by atoms with Gasteiger partial charge in [-0.15, -0.1) is 0 Å². The summed E-state index contributed by atoms with van der Waals surface area (Å²) in [6, 6.07) is 14.3. The Kier molecular flexibility index (Phi) is 4.81. The molecule has 2 amide bonds. The van der Waals surface area contributed by atoms with Crippen molar-refractivity contribution in [3.05, 3.63) is 65.4 Å². The Morgan fingerprint density at radius 3 is 2.68 bits per heavy atom. The number of amides is 2. The number of pyridine rings is 1. The topological polar surface area (TPSA) is 100 Å². The molecule has 25 heavy (non-hydrogen) atoms. The number of anilines is 2. The SMILES string of the molecule is Cc1cc(CO)c2cccc(NC(=O)NCc3ccc(N)cc3)c2n1. The van der Waals surface area contributed by atoms with Gasteiger partial charge in [0.15, 0.2) is 0 Å². The second-order valence-corrected chi connectivity index (χ2v) is 5.83. The molecule has 5 N–H and O–H groups in total. The molecule has 0 bridgehead atoms. The summed E-state index contributed by atoms with van der Waals surface area (Å²) in [5.74, 6) is 0. The van der Waals surface area contributed by atoms with E-state index < -0.39 is 0 Å². The molecular formula is C19H20N4O2. The number of fused-ring (bicyclic) bond motifs is 1. The van der Waals surface area contributed by atoms with Gasteiger partial charge in [-0.25, -0.2) is 4.79 Å². The zero-order valence-corrected chi connectivity index (χ0v) is 13.9. The van der Waals surface area contributed by atoms with Crippen LogP contribution in [0.15, 0.2) is 48.5 Å². The molecule has 0 saturated carbocycles. The minimum absolute atomic E-state index is 0.0767. The molecule has 0 spiro atoms. The van der Waals surface area contributed by atoms with Crippen molar-refractivity contribution in [2.75, 3.05) is 11.1 Å². The number of nitrogens with two attached hydrogens (primary N) is 1. The van der Waals surface area contributed by atoms with Crippen LogP contribution in [0, 0.1) is 6.92 Å². The number of hydrogen-bond donors (Lipinski definition) is 4. The molecule has 3 rings (SSSR count). The highest BCUT2D eigenvalue weighted by atomic mass is 16.3. The number of hydrogen-bond acceptors (Lipinski definition) is 4. The van der Waals surface area contributed by atoms with E-state index in [-0.39, 0.29) is 12.6 Å². The maximum absolute atomic E-state index is 12.2. The van der Waals surface area contributed by atoms with Gasteiger partial charge >= 0.3 is 6.03 Å². The smallest absolute Gasteiger partial charge is 0.319 e. The highest BCUT2D eigenvalue weighted by molar-refractivity contribution is 6.00. The summed E-state index contributed by atoms with van der Waals surface area (Å²) in [6.45, 7) is 2.18. The number of para-hydroxylation sites is 1. The molecule has 0 aliphatic rings. The lowest BCUT2D eigenvalue weighted by Crippen LogP contribution is -2.28. The Balaban J connectivity index is 1.77. The molecule has 2 aromatic carbocycles. The van der Waals surface area contributed by atoms with Gasteiger partial charge in [-0.2, -0.15) is 0 Å². The van der Waals surface area contributed by atoms with E-state index in [0.29, 0.717) is 23.4 Å². The molecule has 0 unspecified atom stereocenters. The average molecular weight is 336 g/mol. The number of aliphatic hydroxyl groups excluding tert-OH is 1. The number of carbonyl (C=O) groups excluding carboxylic acids is 1. The summed E-state index contributed by atoms with van der Waals surface area (Å²) in [5, 5.41) is 16.0. The highest BCUT2D eigenvalue weighted by Gasteiger charge is 2.10. The van der Waals surface area contributed by atoms with E-state index in [1.165, 1.54) is 0 Å². The van der Waals surface area contributed by atoms with Crippen molar-refractivity contribution in [3.8, 4) is 0 Å². The third kappa shape index (κ3) is 3.87. The fourth-order valence-corrected chi connectivity index (χ4v) is 2.68. The van der Waals surface area contributed by atoms with E-state index in [1.54, 1.807) is 18.2 Å². The molecule has 128 valence electrons. The summed E-state index contributed by atoms with van der Waals surface area (Å²) < 4.78 is 0. The number of nitrogens with zero attached hydrogens (tertiary/aromatic N) is 1. The molecule has 1 aromatic heterocycles. The van der Waals surface area contributed by atoms with Crippen molar-refractivity contribution >= 4 is 28.3 Å². The van der Waals surface area contributed by atoms with Crippen LogP contribution < -0.4 is 16.4 Å². The number of aromatic nitrogens is 1. The number of nitrogen functional groups attached to an aromatic ring is 1. The molecular weight excluding hydrogens is 316 g/mol. The molecule has 6 nitrogen and oxygen atoms in total. The minimum Gasteiger partial charge on any atom is -0.399 e. The number of urea groups is 1. The molecule has 0 saturated heterocycles. The second-order valence-electron chi connectivity index (χ2n) is 5.83. The number of aliphatic hydroxyl groups is 1. The fourth-order valence-electron chi connectivity index (χ4n) is 2.68. The van der Waals surface area contributed by atoms with Crippen LogP contribution in [0.3, 0.4) is 0 Å². The first-order valence-electron chi connectivity index (χ1n) is 7.96. The van der Waals surface area contributed by atoms with Crippen molar-refractivity contribution in [3.63, 3.8) is 0 Å². The lowest BCUT2D eigenvalue weighted by Gasteiger charge is -2.12.